The second-order valence-electron chi connectivity index (χ2n) is 11.1. The van der Waals surface area contributed by atoms with Crippen molar-refractivity contribution in [3.05, 3.63) is 0 Å². The summed E-state index contributed by atoms with van der Waals surface area (Å²) in [5, 5.41) is 0. The van der Waals surface area contributed by atoms with Gasteiger partial charge in [0.2, 0.25) is 0 Å². The summed E-state index contributed by atoms with van der Waals surface area (Å²) in [5.41, 5.74) is 0. The van der Waals surface area contributed by atoms with Crippen LogP contribution in [0.5, 0.6) is 0 Å². The van der Waals surface area contributed by atoms with Gasteiger partial charge in [0, 0.05) is 0 Å². The number of hydrogen-bond acceptors (Lipinski definition) is 0. The van der Waals surface area contributed by atoms with Gasteiger partial charge in [0.25, 0.3) is 0 Å². The quantitative estimate of drug-likeness (QED) is 0.118. The maximum absolute atomic E-state index is 2.49. The molecule has 0 aliphatic heterocycles. The zero-order valence-corrected chi connectivity index (χ0v) is 22.8. The van der Waals surface area contributed by atoms with E-state index in [1.165, 1.54) is 161 Å². The van der Waals surface area contributed by atoms with Crippen LogP contribution in [0.2, 0.25) is 0 Å². The molecule has 0 saturated carbocycles. The molecule has 0 aliphatic carbocycles. The average molecular weight is 437 g/mol. The fourth-order valence-corrected chi connectivity index (χ4v) is 5.05. The van der Waals surface area contributed by atoms with Gasteiger partial charge in [-0.1, -0.05) is 188 Å². The van der Waals surface area contributed by atoms with Crippen LogP contribution in [0, 0.1) is 11.8 Å². The van der Waals surface area contributed by atoms with E-state index < -0.39 is 0 Å². The van der Waals surface area contributed by atoms with Crippen LogP contribution in [-0.4, -0.2) is 0 Å². The lowest BCUT2D eigenvalue weighted by atomic mass is 9.92. The summed E-state index contributed by atoms with van der Waals surface area (Å²) in [4.78, 5) is 0. The zero-order chi connectivity index (χ0) is 22.8. The van der Waals surface area contributed by atoms with Gasteiger partial charge in [0.15, 0.2) is 0 Å². The van der Waals surface area contributed by atoms with Crippen molar-refractivity contribution in [2.24, 2.45) is 11.8 Å². The molecule has 0 N–H and O–H groups in total. The Morgan fingerprint density at radius 1 is 0.290 bits per heavy atom. The first-order valence-electron chi connectivity index (χ1n) is 15.2. The molecule has 0 spiro atoms. The average Bonchev–Trinajstić information content (AvgIpc) is 2.76. The lowest BCUT2D eigenvalue weighted by molar-refractivity contribution is 0.394. The van der Waals surface area contributed by atoms with Crippen LogP contribution in [-0.2, 0) is 0 Å². The Labute approximate surface area is 200 Å². The van der Waals surface area contributed by atoms with Crippen LogP contribution in [0.15, 0.2) is 0 Å². The van der Waals surface area contributed by atoms with Crippen LogP contribution < -0.4 is 0 Å². The summed E-state index contributed by atoms with van der Waals surface area (Å²) in [6, 6.07) is 0. The Bertz CT molecular complexity index is 307. The molecule has 188 valence electrons. The second-order valence-corrected chi connectivity index (χ2v) is 11.1. The van der Waals surface area contributed by atoms with Crippen molar-refractivity contribution < 1.29 is 0 Å². The number of unbranched alkanes of at least 4 members (excludes halogenated alkanes) is 18. The van der Waals surface area contributed by atoms with Crippen LogP contribution in [0.3, 0.4) is 0 Å². The highest BCUT2D eigenvalue weighted by atomic mass is 14.1. The van der Waals surface area contributed by atoms with Gasteiger partial charge in [-0.3, -0.25) is 0 Å². The van der Waals surface area contributed by atoms with Crippen molar-refractivity contribution in [3.63, 3.8) is 0 Å². The number of rotatable bonds is 26. The second kappa shape index (κ2) is 26.3. The highest BCUT2D eigenvalue weighted by Gasteiger charge is 2.05. The summed E-state index contributed by atoms with van der Waals surface area (Å²) < 4.78 is 0. The Kier molecular flexibility index (Phi) is 26.3. The Morgan fingerprint density at radius 2 is 0.548 bits per heavy atom. The standard InChI is InChI=1S/C31H64/c1-5-7-9-10-11-12-13-14-15-16-17-18-19-20-21-22-23-24-27-31(4)29-25-28-30(3)26-8-6-2/h30-31H,5-29H2,1-4H3. The monoisotopic (exact) mass is 437 g/mol. The smallest absolute Gasteiger partial charge is 0.0443 e. The molecule has 0 rings (SSSR count). The minimum absolute atomic E-state index is 0.956. The maximum Gasteiger partial charge on any atom is -0.0443 e. The highest BCUT2D eigenvalue weighted by Crippen LogP contribution is 2.21. The first kappa shape index (κ1) is 31.0. The summed E-state index contributed by atoms with van der Waals surface area (Å²) in [6.07, 6.45) is 36.7. The van der Waals surface area contributed by atoms with Gasteiger partial charge in [-0.05, 0) is 11.8 Å². The lowest BCUT2D eigenvalue weighted by Gasteiger charge is -2.14. The van der Waals surface area contributed by atoms with Gasteiger partial charge in [0.1, 0.15) is 0 Å². The molecule has 0 aliphatic rings. The summed E-state index contributed by atoms with van der Waals surface area (Å²) in [5.74, 6) is 1.91. The molecule has 0 aromatic carbocycles. The van der Waals surface area contributed by atoms with E-state index in [-0.39, 0.29) is 0 Å². The molecule has 0 aromatic rings. The van der Waals surface area contributed by atoms with Crippen LogP contribution in [0.1, 0.15) is 188 Å². The Balaban J connectivity index is 3.16. The first-order valence-corrected chi connectivity index (χ1v) is 15.2. The van der Waals surface area contributed by atoms with Crippen molar-refractivity contribution in [2.45, 2.75) is 188 Å². The first-order chi connectivity index (χ1) is 15.2. The molecule has 0 nitrogen and oxygen atoms in total. The molecule has 0 radical (unpaired) electrons. The fourth-order valence-electron chi connectivity index (χ4n) is 5.05. The molecule has 2 atom stereocenters. The zero-order valence-electron chi connectivity index (χ0n) is 22.8. The molecule has 0 fully saturated rings. The van der Waals surface area contributed by atoms with E-state index in [2.05, 4.69) is 27.7 Å². The predicted octanol–water partition coefficient (Wildman–Crippen LogP) is 12.1. The van der Waals surface area contributed by atoms with E-state index in [0.29, 0.717) is 0 Å². The van der Waals surface area contributed by atoms with E-state index in [1.54, 1.807) is 0 Å². The van der Waals surface area contributed by atoms with E-state index in [9.17, 15) is 0 Å². The van der Waals surface area contributed by atoms with Crippen molar-refractivity contribution in [2.75, 3.05) is 0 Å². The lowest BCUT2D eigenvalue weighted by Crippen LogP contribution is -1.99. The van der Waals surface area contributed by atoms with Gasteiger partial charge in [-0.25, -0.2) is 0 Å². The van der Waals surface area contributed by atoms with E-state index in [4.69, 9.17) is 0 Å². The number of hydrogen-bond donors (Lipinski definition) is 0. The third-order valence-corrected chi connectivity index (χ3v) is 7.49. The topological polar surface area (TPSA) is 0 Å². The molecule has 31 heavy (non-hydrogen) atoms. The summed E-state index contributed by atoms with van der Waals surface area (Å²) in [6.45, 7) is 9.57. The van der Waals surface area contributed by atoms with Gasteiger partial charge >= 0.3 is 0 Å². The molecule has 0 bridgehead atoms. The SMILES string of the molecule is CCCCCCCCCCCCCCCCCCCCC(C)CCCC(C)CCCC. The van der Waals surface area contributed by atoms with E-state index in [1.807, 2.05) is 0 Å². The Morgan fingerprint density at radius 3 is 0.903 bits per heavy atom. The van der Waals surface area contributed by atoms with Gasteiger partial charge in [-0.2, -0.15) is 0 Å². The third-order valence-electron chi connectivity index (χ3n) is 7.49. The van der Waals surface area contributed by atoms with Crippen molar-refractivity contribution in [1.29, 1.82) is 0 Å². The maximum atomic E-state index is 2.49. The third kappa shape index (κ3) is 26.1. The van der Waals surface area contributed by atoms with Crippen molar-refractivity contribution >= 4 is 0 Å². The molecule has 0 heteroatoms. The highest BCUT2D eigenvalue weighted by molar-refractivity contribution is 4.59. The summed E-state index contributed by atoms with van der Waals surface area (Å²) >= 11 is 0. The van der Waals surface area contributed by atoms with Crippen LogP contribution in [0.4, 0.5) is 0 Å². The molecule has 0 aromatic heterocycles. The molecule has 0 heterocycles. The molecule has 0 saturated heterocycles. The normalized spacial score (nSPS) is 13.5. The van der Waals surface area contributed by atoms with Crippen molar-refractivity contribution in [3.8, 4) is 0 Å². The predicted molar refractivity (Wildman–Crippen MR) is 145 cm³/mol. The molecular weight excluding hydrogens is 372 g/mol. The minimum Gasteiger partial charge on any atom is -0.0654 e. The van der Waals surface area contributed by atoms with E-state index in [0.717, 1.165) is 11.8 Å². The largest absolute Gasteiger partial charge is 0.0654 e. The van der Waals surface area contributed by atoms with Crippen LogP contribution in [0.25, 0.3) is 0 Å². The molecule has 2 unspecified atom stereocenters. The van der Waals surface area contributed by atoms with Gasteiger partial charge in [0.05, 0.1) is 0 Å². The van der Waals surface area contributed by atoms with Crippen molar-refractivity contribution in [1.82, 2.24) is 0 Å². The molecule has 0 amide bonds. The fraction of sp³-hybridized carbons (Fsp3) is 1.00. The van der Waals surface area contributed by atoms with E-state index >= 15 is 0 Å². The summed E-state index contributed by atoms with van der Waals surface area (Å²) in [7, 11) is 0. The Hall–Kier alpha value is 0. The van der Waals surface area contributed by atoms with Crippen LogP contribution >= 0.6 is 0 Å². The van der Waals surface area contributed by atoms with Gasteiger partial charge in [-0.15, -0.1) is 0 Å². The van der Waals surface area contributed by atoms with Gasteiger partial charge < -0.3 is 0 Å². The molecular formula is C31H64. The minimum atomic E-state index is 0.956.